The number of hydrogen-bond acceptors (Lipinski definition) is 12. The highest BCUT2D eigenvalue weighted by molar-refractivity contribution is 6.25. The van der Waals surface area contributed by atoms with Gasteiger partial charge in [-0.3, -0.25) is 49.1 Å². The van der Waals surface area contributed by atoms with Crippen LogP contribution < -0.4 is 16.4 Å². The Morgan fingerprint density at radius 2 is 1.66 bits per heavy atom. The summed E-state index contributed by atoms with van der Waals surface area (Å²) in [4.78, 5) is 82.6. The summed E-state index contributed by atoms with van der Waals surface area (Å²) in [6, 6.07) is 12.0. The number of unbranched alkanes of at least 4 members (excludes halogenated alkanes) is 3. The second-order valence-electron chi connectivity index (χ2n) is 16.5. The van der Waals surface area contributed by atoms with Crippen molar-refractivity contribution in [2.24, 2.45) is 10.7 Å². The Balaban J connectivity index is 0.780. The summed E-state index contributed by atoms with van der Waals surface area (Å²) in [5.74, 6) is -3.29. The van der Waals surface area contributed by atoms with Crippen LogP contribution in [0.5, 0.6) is 0 Å². The maximum Gasteiger partial charge on any atom is 0.264 e. The van der Waals surface area contributed by atoms with Crippen molar-refractivity contribution in [2.45, 2.75) is 76.4 Å². The van der Waals surface area contributed by atoms with Crippen LogP contribution in [-0.4, -0.2) is 118 Å². The highest BCUT2D eigenvalue weighted by Crippen LogP contribution is 2.33. The van der Waals surface area contributed by atoms with Crippen LogP contribution in [0.15, 0.2) is 65.9 Å². The predicted octanol–water partition coefficient (Wildman–Crippen LogP) is 5.23. The molecule has 17 heteroatoms. The van der Waals surface area contributed by atoms with Crippen molar-refractivity contribution < 1.29 is 37.5 Å². The molecule has 4 aromatic rings. The second-order valence-corrected chi connectivity index (χ2v) is 16.5. The first kappa shape index (κ1) is 44.2. The monoisotopic (exact) mass is 875 g/mol. The summed E-state index contributed by atoms with van der Waals surface area (Å²) in [6.45, 7) is 4.19. The van der Waals surface area contributed by atoms with E-state index in [1.807, 2.05) is 9.80 Å². The van der Waals surface area contributed by atoms with Gasteiger partial charge in [0.2, 0.25) is 17.7 Å². The number of hydrogen-bond donors (Lipinski definition) is 3. The Labute approximate surface area is 369 Å². The Bertz CT molecular complexity index is 2490. The lowest BCUT2D eigenvalue weighted by molar-refractivity contribution is -0.136. The van der Waals surface area contributed by atoms with Crippen LogP contribution in [0.25, 0.3) is 27.7 Å². The number of nitrogens with two attached hydrogens (primary N) is 1. The van der Waals surface area contributed by atoms with Gasteiger partial charge in [-0.1, -0.05) is 31.0 Å². The summed E-state index contributed by atoms with van der Waals surface area (Å²) in [7, 11) is 0. The first-order valence-electron chi connectivity index (χ1n) is 22.0. The van der Waals surface area contributed by atoms with Crippen LogP contribution in [0.3, 0.4) is 0 Å². The van der Waals surface area contributed by atoms with Crippen molar-refractivity contribution in [1.82, 2.24) is 30.0 Å². The standard InChI is InChI=1S/C47H51F2N9O6/c48-35-23-29(24-36(49)34(35)28-56-19-21-64-22-20-56)32-7-5-10-38-44(32)54-39(27-53-38)30(25-50)26-52-31-14-17-57(18-15-31)42(60)11-3-1-2-4-16-51-37-9-6-8-33-43(37)47(63)58(46(33)62)40-12-13-41(59)55-45(40)61/h5-10,23-27,31,40,51H,1-4,11-22,28,50H2,(H,55,59,61). The van der Waals surface area contributed by atoms with E-state index in [9.17, 15) is 24.0 Å². The number of carbonyl (C=O) groups is 5. The normalized spacial score (nSPS) is 18.9. The lowest BCUT2D eigenvalue weighted by Gasteiger charge is -2.30. The summed E-state index contributed by atoms with van der Waals surface area (Å²) >= 11 is 0. The van der Waals surface area contributed by atoms with Crippen LogP contribution in [0.4, 0.5) is 14.5 Å². The molecule has 0 saturated carbocycles. The van der Waals surface area contributed by atoms with Crippen LogP contribution in [0.1, 0.15) is 89.8 Å². The van der Waals surface area contributed by atoms with Gasteiger partial charge in [0.15, 0.2) is 0 Å². The molecular formula is C47H51F2N9O6. The molecule has 1 unspecified atom stereocenters. The molecule has 334 valence electrons. The molecule has 0 bridgehead atoms. The number of allylic oxidation sites excluding steroid dienone is 1. The van der Waals surface area contributed by atoms with Gasteiger partial charge in [0.05, 0.1) is 53.3 Å². The fourth-order valence-corrected chi connectivity index (χ4v) is 8.74. The number of carbonyl (C=O) groups excluding carboxylic acids is 5. The van der Waals surface area contributed by atoms with Gasteiger partial charge < -0.3 is 20.7 Å². The molecule has 1 atom stereocenters. The highest BCUT2D eigenvalue weighted by atomic mass is 19.1. The minimum Gasteiger partial charge on any atom is -0.404 e. The Morgan fingerprint density at radius 1 is 0.922 bits per heavy atom. The fraction of sp³-hybridized carbons (Fsp3) is 0.404. The largest absolute Gasteiger partial charge is 0.404 e. The van der Waals surface area contributed by atoms with E-state index in [1.54, 1.807) is 48.8 Å². The number of benzene rings is 3. The molecule has 3 aromatic carbocycles. The van der Waals surface area contributed by atoms with Crippen LogP contribution in [-0.2, 0) is 25.7 Å². The number of rotatable bonds is 15. The third-order valence-electron chi connectivity index (χ3n) is 12.3. The number of ether oxygens (including phenoxy) is 1. The van der Waals surface area contributed by atoms with E-state index in [-0.39, 0.29) is 48.0 Å². The third-order valence-corrected chi connectivity index (χ3v) is 12.3. The molecule has 4 N–H and O–H groups in total. The molecule has 3 fully saturated rings. The minimum atomic E-state index is -1.02. The first-order valence-corrected chi connectivity index (χ1v) is 22.0. The number of anilines is 1. The van der Waals surface area contributed by atoms with Crippen molar-refractivity contribution in [1.29, 1.82) is 0 Å². The molecule has 3 saturated heterocycles. The zero-order valence-electron chi connectivity index (χ0n) is 35.5. The highest BCUT2D eigenvalue weighted by Gasteiger charge is 2.45. The second kappa shape index (κ2) is 19.9. The zero-order chi connectivity index (χ0) is 44.7. The Hall–Kier alpha value is -6.46. The number of para-hydroxylation sites is 1. The molecular weight excluding hydrogens is 825 g/mol. The number of aliphatic imine (C=N–C) groups is 1. The number of piperidine rings is 2. The van der Waals surface area contributed by atoms with Crippen molar-refractivity contribution in [3.8, 4) is 11.1 Å². The number of fused-ring (bicyclic) bond motifs is 2. The summed E-state index contributed by atoms with van der Waals surface area (Å²) in [5, 5.41) is 5.48. The Kier molecular flexibility index (Phi) is 13.8. The molecule has 15 nitrogen and oxygen atoms in total. The van der Waals surface area contributed by atoms with Crippen LogP contribution in [0.2, 0.25) is 0 Å². The lowest BCUT2D eigenvalue weighted by Crippen LogP contribution is -2.54. The maximum absolute atomic E-state index is 15.4. The van der Waals surface area contributed by atoms with Gasteiger partial charge in [-0.05, 0) is 68.0 Å². The summed E-state index contributed by atoms with van der Waals surface area (Å²) in [6.07, 6.45) is 9.92. The van der Waals surface area contributed by atoms with E-state index in [4.69, 9.17) is 20.4 Å². The van der Waals surface area contributed by atoms with E-state index < -0.39 is 41.3 Å². The van der Waals surface area contributed by atoms with Gasteiger partial charge in [-0.25, -0.2) is 13.8 Å². The van der Waals surface area contributed by atoms with E-state index in [1.165, 1.54) is 18.3 Å². The summed E-state index contributed by atoms with van der Waals surface area (Å²) < 4.78 is 36.1. The number of morpholine rings is 1. The molecule has 4 aliphatic rings. The number of halogens is 2. The molecule has 5 amide bonds. The van der Waals surface area contributed by atoms with E-state index in [0.29, 0.717) is 104 Å². The van der Waals surface area contributed by atoms with Gasteiger partial charge in [0.1, 0.15) is 17.7 Å². The molecule has 64 heavy (non-hydrogen) atoms. The van der Waals surface area contributed by atoms with Crippen molar-refractivity contribution >= 4 is 58.0 Å². The molecule has 4 aliphatic heterocycles. The number of aromatic nitrogens is 2. The fourth-order valence-electron chi connectivity index (χ4n) is 8.74. The molecule has 0 spiro atoms. The van der Waals surface area contributed by atoms with Gasteiger partial charge in [-0.2, -0.15) is 0 Å². The van der Waals surface area contributed by atoms with Crippen molar-refractivity contribution in [3.05, 3.63) is 94.9 Å². The molecule has 0 radical (unpaired) electrons. The average Bonchev–Trinajstić information content (AvgIpc) is 3.56. The van der Waals surface area contributed by atoms with Gasteiger partial charge in [0, 0.05) is 86.9 Å². The number of amides is 5. The topological polar surface area (TPSA) is 193 Å². The molecule has 1 aromatic heterocycles. The van der Waals surface area contributed by atoms with Gasteiger partial charge in [0.25, 0.3) is 11.8 Å². The number of likely N-dealkylation sites (tertiary alicyclic amines) is 1. The smallest absolute Gasteiger partial charge is 0.264 e. The SMILES string of the molecule is NC=C(C=NC1CCN(C(=O)CCCCCCNc2cccc3c2C(=O)N(C2CCC(=O)NC2=O)C3=O)CC1)c1cnc2cccc(-c3cc(F)c(CN4CCOCC4)c(F)c3)c2n1. The van der Waals surface area contributed by atoms with E-state index in [0.717, 1.165) is 30.6 Å². The van der Waals surface area contributed by atoms with Crippen LogP contribution >= 0.6 is 0 Å². The number of nitrogens with zero attached hydrogens (tertiary/aromatic N) is 6. The molecule has 8 rings (SSSR count). The Morgan fingerprint density at radius 3 is 2.41 bits per heavy atom. The van der Waals surface area contributed by atoms with E-state index in [2.05, 4.69) is 15.6 Å². The maximum atomic E-state index is 15.4. The van der Waals surface area contributed by atoms with Crippen molar-refractivity contribution in [3.63, 3.8) is 0 Å². The number of nitrogens with one attached hydrogen (secondary N) is 2. The van der Waals surface area contributed by atoms with Gasteiger partial charge in [-0.15, -0.1) is 0 Å². The van der Waals surface area contributed by atoms with Crippen molar-refractivity contribution in [2.75, 3.05) is 51.3 Å². The quantitative estimate of drug-likeness (QED) is 0.0805. The predicted molar refractivity (Wildman–Crippen MR) is 236 cm³/mol. The third kappa shape index (κ3) is 9.70. The van der Waals surface area contributed by atoms with Gasteiger partial charge >= 0.3 is 0 Å². The average molecular weight is 876 g/mol. The molecule has 0 aliphatic carbocycles. The first-order chi connectivity index (χ1) is 31.1. The summed E-state index contributed by atoms with van der Waals surface area (Å²) in [5.41, 5.74) is 10.0. The molecule has 5 heterocycles. The zero-order valence-corrected chi connectivity index (χ0v) is 35.5. The van der Waals surface area contributed by atoms with E-state index >= 15 is 8.78 Å². The number of imide groups is 2. The minimum absolute atomic E-state index is 0.0165. The van der Waals surface area contributed by atoms with Crippen LogP contribution in [0, 0.1) is 11.6 Å². The lowest BCUT2D eigenvalue weighted by atomic mass is 10.0.